The number of amides is 1. The van der Waals surface area contributed by atoms with E-state index in [9.17, 15) is 9.59 Å². The third-order valence-electron chi connectivity index (χ3n) is 3.70. The number of esters is 1. The van der Waals surface area contributed by atoms with Crippen LogP contribution in [-0.4, -0.2) is 38.5 Å². The van der Waals surface area contributed by atoms with E-state index in [1.165, 1.54) is 0 Å². The Morgan fingerprint density at radius 3 is 2.30 bits per heavy atom. The summed E-state index contributed by atoms with van der Waals surface area (Å²) in [7, 11) is -2.13. The average molecular weight is 338 g/mol. The van der Waals surface area contributed by atoms with E-state index < -0.39 is 25.3 Å². The van der Waals surface area contributed by atoms with E-state index in [4.69, 9.17) is 15.2 Å². The van der Waals surface area contributed by atoms with Crippen molar-refractivity contribution in [3.8, 4) is 0 Å². The van der Waals surface area contributed by atoms with Gasteiger partial charge in [0.25, 0.3) is 0 Å². The third kappa shape index (κ3) is 5.37. The second-order valence-corrected chi connectivity index (χ2v) is 11.7. The summed E-state index contributed by atoms with van der Waals surface area (Å²) in [4.78, 5) is 24.0. The monoisotopic (exact) mass is 338 g/mol. The van der Waals surface area contributed by atoms with Crippen molar-refractivity contribution in [1.82, 2.24) is 5.32 Å². The topological polar surface area (TPSA) is 90.6 Å². The van der Waals surface area contributed by atoms with Gasteiger partial charge in [-0.2, -0.15) is 0 Å². The van der Waals surface area contributed by atoms with Crippen molar-refractivity contribution in [2.45, 2.75) is 38.3 Å². The second kappa shape index (κ2) is 8.12. The SMILES string of the molecule is CCOC(=O)[C@](N)(CNC(=O)OCc1ccccc1)[Si](C)(C)C. The standard InChI is InChI=1S/C16H26N2O4Si/c1-5-21-14(19)16(17,23(2,3)4)12-18-15(20)22-11-13-9-7-6-8-10-13/h6-10H,5,11-12,17H2,1-4H3,(H,18,20)/t16-/m0/s1. The van der Waals surface area contributed by atoms with Gasteiger partial charge in [-0.3, -0.25) is 4.79 Å². The Balaban J connectivity index is 2.60. The predicted molar refractivity (Wildman–Crippen MR) is 91.5 cm³/mol. The molecule has 1 aromatic rings. The van der Waals surface area contributed by atoms with Crippen LogP contribution >= 0.6 is 0 Å². The summed E-state index contributed by atoms with van der Waals surface area (Å²) in [6.07, 6.45) is -0.605. The molecule has 23 heavy (non-hydrogen) atoms. The minimum atomic E-state index is -2.13. The van der Waals surface area contributed by atoms with Crippen LogP contribution in [0.5, 0.6) is 0 Å². The summed E-state index contributed by atoms with van der Waals surface area (Å²) in [5.41, 5.74) is 7.16. The Morgan fingerprint density at radius 1 is 1.17 bits per heavy atom. The molecule has 1 atom stereocenters. The molecule has 0 saturated heterocycles. The molecule has 1 aromatic carbocycles. The first-order valence-electron chi connectivity index (χ1n) is 7.61. The molecule has 6 nitrogen and oxygen atoms in total. The smallest absolute Gasteiger partial charge is 0.407 e. The van der Waals surface area contributed by atoms with Gasteiger partial charge in [-0.15, -0.1) is 0 Å². The number of rotatable bonds is 7. The maximum Gasteiger partial charge on any atom is 0.407 e. The lowest BCUT2D eigenvalue weighted by Gasteiger charge is -2.37. The number of ether oxygens (including phenoxy) is 2. The van der Waals surface area contributed by atoms with Crippen LogP contribution in [0, 0.1) is 0 Å². The minimum Gasteiger partial charge on any atom is -0.465 e. The Morgan fingerprint density at radius 2 is 1.78 bits per heavy atom. The lowest BCUT2D eigenvalue weighted by Crippen LogP contribution is -2.70. The third-order valence-corrected chi connectivity index (χ3v) is 6.76. The van der Waals surface area contributed by atoms with Gasteiger partial charge in [0.15, 0.2) is 0 Å². The van der Waals surface area contributed by atoms with Gasteiger partial charge in [0, 0.05) is 6.54 Å². The molecule has 0 aliphatic heterocycles. The summed E-state index contributed by atoms with van der Waals surface area (Å²) >= 11 is 0. The maximum atomic E-state index is 12.2. The van der Waals surface area contributed by atoms with Crippen molar-refractivity contribution in [1.29, 1.82) is 0 Å². The lowest BCUT2D eigenvalue weighted by molar-refractivity contribution is -0.146. The van der Waals surface area contributed by atoms with Crippen LogP contribution in [0.25, 0.3) is 0 Å². The van der Waals surface area contributed by atoms with E-state index in [1.807, 2.05) is 50.0 Å². The van der Waals surface area contributed by atoms with Gasteiger partial charge in [0.2, 0.25) is 0 Å². The number of benzene rings is 1. The molecule has 0 heterocycles. The van der Waals surface area contributed by atoms with Gasteiger partial charge in [-0.05, 0) is 12.5 Å². The molecular formula is C16H26N2O4Si. The molecule has 0 bridgehead atoms. The van der Waals surface area contributed by atoms with Crippen molar-refractivity contribution in [3.05, 3.63) is 35.9 Å². The number of hydrogen-bond acceptors (Lipinski definition) is 5. The molecule has 7 heteroatoms. The number of hydrogen-bond donors (Lipinski definition) is 2. The Kier molecular flexibility index (Phi) is 6.77. The number of alkyl carbamates (subject to hydrolysis) is 1. The van der Waals surface area contributed by atoms with E-state index in [0.29, 0.717) is 0 Å². The molecule has 0 fully saturated rings. The molecular weight excluding hydrogens is 312 g/mol. The summed E-state index contributed by atoms with van der Waals surface area (Å²) in [6, 6.07) is 9.35. The van der Waals surface area contributed by atoms with Gasteiger partial charge in [-0.25, -0.2) is 4.79 Å². The molecule has 0 radical (unpaired) electrons. The van der Waals surface area contributed by atoms with Crippen LogP contribution in [0.15, 0.2) is 30.3 Å². The Hall–Kier alpha value is -1.86. The van der Waals surface area contributed by atoms with Crippen LogP contribution in [0.1, 0.15) is 12.5 Å². The maximum absolute atomic E-state index is 12.2. The fraction of sp³-hybridized carbons (Fsp3) is 0.500. The summed E-state index contributed by atoms with van der Waals surface area (Å²) < 4.78 is 10.2. The van der Waals surface area contributed by atoms with E-state index in [0.717, 1.165) is 5.56 Å². The molecule has 0 saturated carbocycles. The molecule has 1 amide bonds. The normalized spacial score (nSPS) is 13.8. The second-order valence-electron chi connectivity index (χ2n) is 6.36. The lowest BCUT2D eigenvalue weighted by atomic mass is 10.2. The minimum absolute atomic E-state index is 0.00478. The van der Waals surface area contributed by atoms with Crippen LogP contribution in [-0.2, 0) is 20.9 Å². The van der Waals surface area contributed by atoms with Crippen molar-refractivity contribution >= 4 is 20.1 Å². The van der Waals surface area contributed by atoms with Crippen LogP contribution < -0.4 is 11.1 Å². The fourth-order valence-electron chi connectivity index (χ4n) is 1.89. The molecule has 3 N–H and O–H groups in total. The van der Waals surface area contributed by atoms with Crippen LogP contribution in [0.3, 0.4) is 0 Å². The Labute approximate surface area is 138 Å². The van der Waals surface area contributed by atoms with E-state index in [-0.39, 0.29) is 19.8 Å². The largest absolute Gasteiger partial charge is 0.465 e. The number of nitrogens with one attached hydrogen (secondary N) is 1. The zero-order chi connectivity index (χ0) is 17.5. The van der Waals surface area contributed by atoms with Gasteiger partial charge in [0.05, 0.1) is 14.7 Å². The zero-order valence-corrected chi connectivity index (χ0v) is 15.2. The van der Waals surface area contributed by atoms with E-state index >= 15 is 0 Å². The van der Waals surface area contributed by atoms with E-state index in [1.54, 1.807) is 6.92 Å². The van der Waals surface area contributed by atoms with Gasteiger partial charge < -0.3 is 20.5 Å². The molecule has 0 spiro atoms. The van der Waals surface area contributed by atoms with Crippen LogP contribution in [0.2, 0.25) is 19.6 Å². The molecule has 128 valence electrons. The van der Waals surface area contributed by atoms with Crippen molar-refractivity contribution in [3.63, 3.8) is 0 Å². The molecule has 0 aliphatic rings. The predicted octanol–water partition coefficient (Wildman–Crippen LogP) is 2.05. The molecule has 1 rings (SSSR count). The van der Waals surface area contributed by atoms with Gasteiger partial charge in [-0.1, -0.05) is 50.0 Å². The van der Waals surface area contributed by atoms with Gasteiger partial charge in [0.1, 0.15) is 11.8 Å². The van der Waals surface area contributed by atoms with Gasteiger partial charge >= 0.3 is 12.1 Å². The summed E-state index contributed by atoms with van der Waals surface area (Å²) in [6.45, 7) is 8.01. The average Bonchev–Trinajstić information content (AvgIpc) is 2.50. The molecule has 0 unspecified atom stereocenters. The highest BCUT2D eigenvalue weighted by Gasteiger charge is 2.48. The summed E-state index contributed by atoms with van der Waals surface area (Å²) in [5.74, 6) is -0.484. The first kappa shape index (κ1) is 19.2. The number of carbonyl (C=O) groups is 2. The molecule has 0 aliphatic carbocycles. The highest BCUT2D eigenvalue weighted by Crippen LogP contribution is 2.19. The van der Waals surface area contributed by atoms with Crippen molar-refractivity contribution in [2.24, 2.45) is 5.73 Å². The zero-order valence-electron chi connectivity index (χ0n) is 14.2. The highest BCUT2D eigenvalue weighted by molar-refractivity contribution is 6.82. The fourth-order valence-corrected chi connectivity index (χ4v) is 3.19. The summed E-state index contributed by atoms with van der Waals surface area (Å²) in [5, 5.41) is 1.39. The quantitative estimate of drug-likeness (QED) is 0.586. The molecule has 0 aromatic heterocycles. The van der Waals surface area contributed by atoms with Crippen molar-refractivity contribution in [2.75, 3.05) is 13.2 Å². The Bertz CT molecular complexity index is 531. The number of carbonyl (C=O) groups excluding carboxylic acids is 2. The first-order valence-corrected chi connectivity index (χ1v) is 11.1. The van der Waals surface area contributed by atoms with Crippen molar-refractivity contribution < 1.29 is 19.1 Å². The first-order chi connectivity index (χ1) is 10.7. The highest BCUT2D eigenvalue weighted by atomic mass is 28.3. The van der Waals surface area contributed by atoms with E-state index in [2.05, 4.69) is 5.32 Å². The van der Waals surface area contributed by atoms with Crippen LogP contribution in [0.4, 0.5) is 4.79 Å². The number of nitrogens with two attached hydrogens (primary N) is 1.